The molecule has 0 aliphatic carbocycles. The number of nitrogens with one attached hydrogen (secondary N) is 1. The molecule has 3 aromatic heterocycles. The summed E-state index contributed by atoms with van der Waals surface area (Å²) in [6, 6.07) is 27.1. The van der Waals surface area contributed by atoms with Crippen LogP contribution in [0.2, 0.25) is 0 Å². The van der Waals surface area contributed by atoms with Crippen LogP contribution in [0.4, 0.5) is 5.82 Å². The Morgan fingerprint density at radius 2 is 1.60 bits per heavy atom. The number of anilines is 1. The minimum absolute atomic E-state index is 0.282. The zero-order valence-corrected chi connectivity index (χ0v) is 16.4. The van der Waals surface area contributed by atoms with Crippen molar-refractivity contribution in [2.75, 3.05) is 5.32 Å². The Hall–Kier alpha value is -4.19. The second-order valence-corrected chi connectivity index (χ2v) is 6.98. The van der Waals surface area contributed by atoms with Gasteiger partial charge in [0.05, 0.1) is 5.69 Å². The standard InChI is InChI=1S/C24H19N5O/c1-17-16-20(27-29(17)19-12-6-3-7-13-19)24(30)26-23-22(18-10-4-2-5-11-18)25-21-14-8-9-15-28(21)23/h2-16H,1H3,(H,26,30). The van der Waals surface area contributed by atoms with Gasteiger partial charge in [0.1, 0.15) is 17.2 Å². The van der Waals surface area contributed by atoms with Gasteiger partial charge in [-0.25, -0.2) is 9.67 Å². The van der Waals surface area contributed by atoms with Gasteiger partial charge < -0.3 is 5.32 Å². The number of aryl methyl sites for hydroxylation is 1. The molecule has 146 valence electrons. The van der Waals surface area contributed by atoms with Crippen LogP contribution in [0.5, 0.6) is 0 Å². The molecule has 5 aromatic rings. The van der Waals surface area contributed by atoms with Crippen LogP contribution in [-0.2, 0) is 0 Å². The van der Waals surface area contributed by atoms with E-state index in [1.54, 1.807) is 10.7 Å². The average Bonchev–Trinajstić information content (AvgIpc) is 3.36. The highest BCUT2D eigenvalue weighted by atomic mass is 16.2. The normalized spacial score (nSPS) is 11.0. The zero-order valence-electron chi connectivity index (χ0n) is 16.4. The van der Waals surface area contributed by atoms with E-state index in [0.717, 1.165) is 28.3 Å². The largest absolute Gasteiger partial charge is 0.304 e. The van der Waals surface area contributed by atoms with Crippen molar-refractivity contribution >= 4 is 17.4 Å². The lowest BCUT2D eigenvalue weighted by molar-refractivity contribution is 0.102. The van der Waals surface area contributed by atoms with Gasteiger partial charge in [-0.1, -0.05) is 54.6 Å². The third kappa shape index (κ3) is 3.14. The highest BCUT2D eigenvalue weighted by Crippen LogP contribution is 2.29. The number of amides is 1. The molecule has 0 spiro atoms. The SMILES string of the molecule is Cc1cc(C(=O)Nc2c(-c3ccccc3)nc3ccccn23)nn1-c1ccccc1. The Morgan fingerprint density at radius 1 is 0.900 bits per heavy atom. The number of pyridine rings is 1. The first-order valence-electron chi connectivity index (χ1n) is 9.66. The number of hydrogen-bond donors (Lipinski definition) is 1. The van der Waals surface area contributed by atoms with E-state index < -0.39 is 0 Å². The van der Waals surface area contributed by atoms with Crippen molar-refractivity contribution < 1.29 is 4.79 Å². The molecule has 2 aromatic carbocycles. The molecule has 0 radical (unpaired) electrons. The monoisotopic (exact) mass is 393 g/mol. The number of nitrogens with zero attached hydrogens (tertiary/aromatic N) is 4. The van der Waals surface area contributed by atoms with Crippen molar-refractivity contribution in [2.45, 2.75) is 6.92 Å². The fourth-order valence-corrected chi connectivity index (χ4v) is 3.50. The fourth-order valence-electron chi connectivity index (χ4n) is 3.50. The predicted octanol–water partition coefficient (Wildman–Crippen LogP) is 4.75. The molecular formula is C24H19N5O. The molecule has 0 fully saturated rings. The highest BCUT2D eigenvalue weighted by Gasteiger charge is 2.19. The topological polar surface area (TPSA) is 64.2 Å². The van der Waals surface area contributed by atoms with Crippen LogP contribution in [0.1, 0.15) is 16.2 Å². The summed E-state index contributed by atoms with van der Waals surface area (Å²) < 4.78 is 3.64. The van der Waals surface area contributed by atoms with E-state index in [4.69, 9.17) is 4.98 Å². The van der Waals surface area contributed by atoms with E-state index in [-0.39, 0.29) is 5.91 Å². The van der Waals surface area contributed by atoms with Gasteiger partial charge in [0.15, 0.2) is 5.69 Å². The molecule has 30 heavy (non-hydrogen) atoms. The Labute approximate surface area is 173 Å². The first-order valence-corrected chi connectivity index (χ1v) is 9.66. The van der Waals surface area contributed by atoms with Gasteiger partial charge in [0, 0.05) is 17.5 Å². The van der Waals surface area contributed by atoms with Gasteiger partial charge in [-0.2, -0.15) is 5.10 Å². The molecule has 6 nitrogen and oxygen atoms in total. The van der Waals surface area contributed by atoms with E-state index in [9.17, 15) is 4.79 Å². The fraction of sp³-hybridized carbons (Fsp3) is 0.0417. The number of hydrogen-bond acceptors (Lipinski definition) is 3. The van der Waals surface area contributed by atoms with Gasteiger partial charge in [-0.15, -0.1) is 0 Å². The summed E-state index contributed by atoms with van der Waals surface area (Å²) in [6.07, 6.45) is 1.89. The molecule has 0 aliphatic heterocycles. The molecule has 0 atom stereocenters. The Balaban J connectivity index is 1.54. The van der Waals surface area contributed by atoms with Crippen molar-refractivity contribution in [1.29, 1.82) is 0 Å². The summed E-state index contributed by atoms with van der Waals surface area (Å²) in [6.45, 7) is 1.93. The van der Waals surface area contributed by atoms with Crippen molar-refractivity contribution in [3.8, 4) is 16.9 Å². The molecule has 6 heteroatoms. The molecule has 0 bridgehead atoms. The van der Waals surface area contributed by atoms with E-state index in [2.05, 4.69) is 10.4 Å². The summed E-state index contributed by atoms with van der Waals surface area (Å²) >= 11 is 0. The smallest absolute Gasteiger partial charge is 0.277 e. The van der Waals surface area contributed by atoms with Crippen LogP contribution in [-0.4, -0.2) is 25.1 Å². The summed E-state index contributed by atoms with van der Waals surface area (Å²) in [4.78, 5) is 17.8. The average molecular weight is 393 g/mol. The van der Waals surface area contributed by atoms with Gasteiger partial charge in [0.25, 0.3) is 5.91 Å². The van der Waals surface area contributed by atoms with Gasteiger partial charge in [-0.05, 0) is 37.3 Å². The van der Waals surface area contributed by atoms with Crippen LogP contribution < -0.4 is 5.32 Å². The predicted molar refractivity (Wildman–Crippen MR) is 117 cm³/mol. The second-order valence-electron chi connectivity index (χ2n) is 6.98. The molecule has 1 amide bonds. The maximum atomic E-state index is 13.1. The number of aromatic nitrogens is 4. The number of rotatable bonds is 4. The minimum atomic E-state index is -0.282. The third-order valence-electron chi connectivity index (χ3n) is 4.93. The first kappa shape index (κ1) is 17.9. The van der Waals surface area contributed by atoms with Crippen LogP contribution in [0.25, 0.3) is 22.6 Å². The number of para-hydroxylation sites is 1. The maximum absolute atomic E-state index is 13.1. The molecule has 0 saturated heterocycles. The van der Waals surface area contributed by atoms with Crippen molar-refractivity contribution in [1.82, 2.24) is 19.2 Å². The zero-order chi connectivity index (χ0) is 20.5. The molecule has 1 N–H and O–H groups in total. The minimum Gasteiger partial charge on any atom is -0.304 e. The highest BCUT2D eigenvalue weighted by molar-refractivity contribution is 6.04. The second kappa shape index (κ2) is 7.33. The van der Waals surface area contributed by atoms with Gasteiger partial charge in [-0.3, -0.25) is 9.20 Å². The van der Waals surface area contributed by atoms with Gasteiger partial charge in [0.2, 0.25) is 0 Å². The Kier molecular flexibility index (Phi) is 4.37. The number of imidazole rings is 1. The summed E-state index contributed by atoms with van der Waals surface area (Å²) in [5, 5.41) is 7.54. The lowest BCUT2D eigenvalue weighted by Crippen LogP contribution is -2.15. The van der Waals surface area contributed by atoms with Gasteiger partial charge >= 0.3 is 0 Å². The van der Waals surface area contributed by atoms with E-state index in [1.165, 1.54) is 0 Å². The Bertz CT molecular complexity index is 1340. The third-order valence-corrected chi connectivity index (χ3v) is 4.93. The molecule has 3 heterocycles. The lowest BCUT2D eigenvalue weighted by Gasteiger charge is -2.07. The van der Waals surface area contributed by atoms with Crippen LogP contribution in [0.15, 0.2) is 91.1 Å². The van der Waals surface area contributed by atoms with E-state index in [0.29, 0.717) is 11.5 Å². The van der Waals surface area contributed by atoms with E-state index in [1.807, 2.05) is 96.4 Å². The van der Waals surface area contributed by atoms with Crippen molar-refractivity contribution in [2.24, 2.45) is 0 Å². The number of benzene rings is 2. The van der Waals surface area contributed by atoms with Crippen molar-refractivity contribution in [3.05, 3.63) is 103 Å². The maximum Gasteiger partial charge on any atom is 0.277 e. The number of fused-ring (bicyclic) bond motifs is 1. The molecule has 0 saturated carbocycles. The number of carbonyl (C=O) groups excluding carboxylic acids is 1. The van der Waals surface area contributed by atoms with Crippen LogP contribution in [0.3, 0.4) is 0 Å². The molecule has 0 aliphatic rings. The summed E-state index contributed by atoms with van der Waals surface area (Å²) in [5.74, 6) is 0.337. The molecule has 5 rings (SSSR count). The molecule has 0 unspecified atom stereocenters. The van der Waals surface area contributed by atoms with Crippen LogP contribution in [0, 0.1) is 6.92 Å². The summed E-state index contributed by atoms with van der Waals surface area (Å²) in [5.41, 5.74) is 4.55. The van der Waals surface area contributed by atoms with Crippen LogP contribution >= 0.6 is 0 Å². The van der Waals surface area contributed by atoms with E-state index >= 15 is 0 Å². The quantitative estimate of drug-likeness (QED) is 0.479. The lowest BCUT2D eigenvalue weighted by atomic mass is 10.1. The molecular weight excluding hydrogens is 374 g/mol. The number of carbonyl (C=O) groups is 1. The first-order chi connectivity index (χ1) is 14.7. The Morgan fingerprint density at radius 3 is 2.37 bits per heavy atom. The summed E-state index contributed by atoms with van der Waals surface area (Å²) in [7, 11) is 0. The van der Waals surface area contributed by atoms with Crippen molar-refractivity contribution in [3.63, 3.8) is 0 Å².